The Kier molecular flexibility index (Phi) is 3.38. The molecule has 0 saturated carbocycles. The van der Waals surface area contributed by atoms with Gasteiger partial charge in [0.25, 0.3) is 0 Å². The number of amides is 1. The van der Waals surface area contributed by atoms with Crippen LogP contribution in [-0.4, -0.2) is 28.6 Å². The smallest absolute Gasteiger partial charge is 0.231 e. The van der Waals surface area contributed by atoms with Gasteiger partial charge in [-0.3, -0.25) is 9.69 Å². The Bertz CT molecular complexity index is 629. The van der Waals surface area contributed by atoms with Crippen LogP contribution in [0.15, 0.2) is 34.1 Å². The van der Waals surface area contributed by atoms with Crippen LogP contribution < -0.4 is 4.90 Å². The molecular formula is C13H11BrN2O2S. The second-order valence-electron chi connectivity index (χ2n) is 4.39. The van der Waals surface area contributed by atoms with Crippen LogP contribution in [0.1, 0.15) is 6.42 Å². The predicted octanol–water partition coefficient (Wildman–Crippen LogP) is 2.67. The van der Waals surface area contributed by atoms with E-state index in [0.29, 0.717) is 11.7 Å². The number of anilines is 1. The monoisotopic (exact) mass is 338 g/mol. The fourth-order valence-corrected chi connectivity index (χ4v) is 3.30. The number of carbonyl (C=O) groups excluding carboxylic acids is 1. The number of thiazole rings is 1. The lowest BCUT2D eigenvalue weighted by Gasteiger charge is -2.10. The summed E-state index contributed by atoms with van der Waals surface area (Å²) in [5.41, 5.74) is 1.85. The van der Waals surface area contributed by atoms with Crippen molar-refractivity contribution in [1.29, 1.82) is 0 Å². The molecule has 0 spiro atoms. The summed E-state index contributed by atoms with van der Waals surface area (Å²) in [7, 11) is 0. The summed E-state index contributed by atoms with van der Waals surface area (Å²) in [5, 5.41) is 12.1. The van der Waals surface area contributed by atoms with Gasteiger partial charge in [-0.25, -0.2) is 4.98 Å². The van der Waals surface area contributed by atoms with Gasteiger partial charge in [-0.1, -0.05) is 28.1 Å². The zero-order valence-corrected chi connectivity index (χ0v) is 12.3. The number of aliphatic hydroxyl groups is 1. The maximum Gasteiger partial charge on any atom is 0.231 e. The maximum atomic E-state index is 11.7. The summed E-state index contributed by atoms with van der Waals surface area (Å²) in [6.45, 7) is 0.338. The third kappa shape index (κ3) is 2.56. The molecule has 1 amide bonds. The Morgan fingerprint density at radius 3 is 3.00 bits per heavy atom. The SMILES string of the molecule is O=C1CC(O)CN1c1nc(-c2cccc(Br)c2)cs1. The van der Waals surface area contributed by atoms with Crippen LogP contribution in [0.3, 0.4) is 0 Å². The Morgan fingerprint density at radius 1 is 1.47 bits per heavy atom. The molecule has 0 radical (unpaired) electrons. The quantitative estimate of drug-likeness (QED) is 0.915. The van der Waals surface area contributed by atoms with Crippen molar-refractivity contribution < 1.29 is 9.90 Å². The molecule has 1 aliphatic heterocycles. The van der Waals surface area contributed by atoms with E-state index in [-0.39, 0.29) is 12.3 Å². The van der Waals surface area contributed by atoms with E-state index in [4.69, 9.17) is 0 Å². The van der Waals surface area contributed by atoms with Gasteiger partial charge < -0.3 is 5.11 Å². The third-order valence-corrected chi connectivity index (χ3v) is 4.30. The summed E-state index contributed by atoms with van der Waals surface area (Å²) < 4.78 is 0.993. The van der Waals surface area contributed by atoms with Crippen molar-refractivity contribution in [3.8, 4) is 11.3 Å². The van der Waals surface area contributed by atoms with Crippen LogP contribution in [0.25, 0.3) is 11.3 Å². The Labute approximate surface area is 122 Å². The highest BCUT2D eigenvalue weighted by molar-refractivity contribution is 9.10. The summed E-state index contributed by atoms with van der Waals surface area (Å²) >= 11 is 4.85. The number of carbonyl (C=O) groups is 1. The molecule has 98 valence electrons. The standard InChI is InChI=1S/C13H11BrN2O2S/c14-9-3-1-2-8(4-9)11-7-19-13(15-11)16-6-10(17)5-12(16)18/h1-4,7,10,17H,5-6H2. The topological polar surface area (TPSA) is 53.4 Å². The van der Waals surface area contributed by atoms with Crippen LogP contribution in [0.5, 0.6) is 0 Å². The maximum absolute atomic E-state index is 11.7. The van der Waals surface area contributed by atoms with Crippen molar-refractivity contribution in [2.75, 3.05) is 11.4 Å². The lowest BCUT2D eigenvalue weighted by Crippen LogP contribution is -2.24. The van der Waals surface area contributed by atoms with E-state index in [1.807, 2.05) is 29.6 Å². The van der Waals surface area contributed by atoms with Gasteiger partial charge >= 0.3 is 0 Å². The van der Waals surface area contributed by atoms with E-state index in [0.717, 1.165) is 15.7 Å². The van der Waals surface area contributed by atoms with Gasteiger partial charge in [-0.2, -0.15) is 0 Å². The van der Waals surface area contributed by atoms with Gasteiger partial charge in [0, 0.05) is 15.4 Å². The molecule has 2 aromatic rings. The zero-order chi connectivity index (χ0) is 13.4. The molecule has 1 aromatic carbocycles. The number of β-amino-alcohol motifs (C(OH)–C–C–N with tert-alkyl or cyclic N) is 1. The molecule has 4 nitrogen and oxygen atoms in total. The van der Waals surface area contributed by atoms with Crippen molar-refractivity contribution in [3.63, 3.8) is 0 Å². The molecule has 1 atom stereocenters. The molecule has 1 N–H and O–H groups in total. The summed E-state index contributed by atoms with van der Waals surface area (Å²) in [6, 6.07) is 7.87. The Morgan fingerprint density at radius 2 is 2.32 bits per heavy atom. The van der Waals surface area contributed by atoms with Crippen LogP contribution >= 0.6 is 27.3 Å². The number of hydrogen-bond acceptors (Lipinski definition) is 4. The van der Waals surface area contributed by atoms with Crippen molar-refractivity contribution in [1.82, 2.24) is 4.98 Å². The third-order valence-electron chi connectivity index (χ3n) is 2.95. The summed E-state index contributed by atoms with van der Waals surface area (Å²) in [6.07, 6.45) is -0.392. The van der Waals surface area contributed by atoms with Crippen LogP contribution in [0, 0.1) is 0 Å². The minimum atomic E-state index is -0.578. The van der Waals surface area contributed by atoms with Crippen molar-refractivity contribution in [2.45, 2.75) is 12.5 Å². The molecule has 0 bridgehead atoms. The lowest BCUT2D eigenvalue weighted by atomic mass is 10.2. The number of aromatic nitrogens is 1. The minimum Gasteiger partial charge on any atom is -0.391 e. The van der Waals surface area contributed by atoms with Gasteiger partial charge in [-0.05, 0) is 12.1 Å². The highest BCUT2D eigenvalue weighted by Crippen LogP contribution is 2.30. The Hall–Kier alpha value is -1.24. The van der Waals surface area contributed by atoms with Crippen LogP contribution in [0.4, 0.5) is 5.13 Å². The van der Waals surface area contributed by atoms with Crippen molar-refractivity contribution in [3.05, 3.63) is 34.1 Å². The molecule has 1 saturated heterocycles. The average Bonchev–Trinajstić information content (AvgIpc) is 2.96. The number of hydrogen-bond donors (Lipinski definition) is 1. The first-order valence-electron chi connectivity index (χ1n) is 5.83. The summed E-state index contributed by atoms with van der Waals surface area (Å²) in [4.78, 5) is 17.7. The lowest BCUT2D eigenvalue weighted by molar-refractivity contribution is -0.117. The first kappa shape index (κ1) is 12.8. The normalized spacial score (nSPS) is 19.2. The van der Waals surface area contributed by atoms with E-state index < -0.39 is 6.10 Å². The van der Waals surface area contributed by atoms with E-state index in [1.165, 1.54) is 11.3 Å². The molecule has 3 rings (SSSR count). The van der Waals surface area contributed by atoms with Crippen molar-refractivity contribution in [2.24, 2.45) is 0 Å². The number of benzene rings is 1. The minimum absolute atomic E-state index is 0.0670. The molecule has 1 unspecified atom stereocenters. The second kappa shape index (κ2) is 5.03. The van der Waals surface area contributed by atoms with Gasteiger partial charge in [0.05, 0.1) is 24.8 Å². The summed E-state index contributed by atoms with van der Waals surface area (Å²) in [5.74, 6) is -0.0670. The van der Waals surface area contributed by atoms with E-state index >= 15 is 0 Å². The molecule has 1 aliphatic rings. The first-order valence-corrected chi connectivity index (χ1v) is 7.50. The first-order chi connectivity index (χ1) is 9.13. The molecule has 1 aromatic heterocycles. The fourth-order valence-electron chi connectivity index (χ4n) is 2.04. The van der Waals surface area contributed by atoms with E-state index in [9.17, 15) is 9.90 Å². The number of aliphatic hydroxyl groups excluding tert-OH is 1. The van der Waals surface area contributed by atoms with Gasteiger partial charge in [0.2, 0.25) is 5.91 Å². The van der Waals surface area contributed by atoms with Crippen LogP contribution in [0.2, 0.25) is 0 Å². The highest BCUT2D eigenvalue weighted by atomic mass is 79.9. The number of nitrogens with zero attached hydrogens (tertiary/aromatic N) is 2. The average molecular weight is 339 g/mol. The highest BCUT2D eigenvalue weighted by Gasteiger charge is 2.30. The van der Waals surface area contributed by atoms with Crippen molar-refractivity contribution >= 4 is 38.3 Å². The molecular weight excluding hydrogens is 328 g/mol. The van der Waals surface area contributed by atoms with Gasteiger partial charge in [-0.15, -0.1) is 11.3 Å². The predicted molar refractivity (Wildman–Crippen MR) is 78.2 cm³/mol. The second-order valence-corrected chi connectivity index (χ2v) is 6.14. The van der Waals surface area contributed by atoms with Gasteiger partial charge in [0.1, 0.15) is 0 Å². The number of rotatable bonds is 2. The molecule has 1 fully saturated rings. The molecule has 0 aliphatic carbocycles. The van der Waals surface area contributed by atoms with E-state index in [2.05, 4.69) is 20.9 Å². The molecule has 2 heterocycles. The zero-order valence-electron chi connectivity index (χ0n) is 9.91. The largest absolute Gasteiger partial charge is 0.391 e. The molecule has 6 heteroatoms. The Balaban J connectivity index is 1.90. The van der Waals surface area contributed by atoms with E-state index in [1.54, 1.807) is 4.90 Å². The van der Waals surface area contributed by atoms with Gasteiger partial charge in [0.15, 0.2) is 5.13 Å². The number of halogens is 1. The van der Waals surface area contributed by atoms with Crippen LogP contribution in [-0.2, 0) is 4.79 Å². The fraction of sp³-hybridized carbons (Fsp3) is 0.231. The molecule has 19 heavy (non-hydrogen) atoms.